The van der Waals surface area contributed by atoms with Crippen molar-refractivity contribution >= 4 is 11.8 Å². The Balaban J connectivity index is 2.05. The molecule has 1 saturated carbocycles. The van der Waals surface area contributed by atoms with Crippen molar-refractivity contribution in [3.05, 3.63) is 12.0 Å². The van der Waals surface area contributed by atoms with E-state index in [1.807, 2.05) is 13.1 Å². The summed E-state index contributed by atoms with van der Waals surface area (Å²) in [6, 6.07) is 0. The minimum atomic E-state index is 0.244. The molecule has 1 aliphatic carbocycles. The van der Waals surface area contributed by atoms with Crippen LogP contribution in [0.2, 0.25) is 0 Å². The summed E-state index contributed by atoms with van der Waals surface area (Å²) in [4.78, 5) is 0. The molecular formula is C8H12ClNO. The number of hydrogen-bond acceptors (Lipinski definition) is 2. The highest BCUT2D eigenvalue weighted by Crippen LogP contribution is 2.39. The molecule has 0 bridgehead atoms. The lowest BCUT2D eigenvalue weighted by Gasteiger charge is -2.26. The molecule has 1 atom stereocenters. The normalized spacial score (nSPS) is 31.3. The molecule has 0 aromatic heterocycles. The van der Waals surface area contributed by atoms with Crippen molar-refractivity contribution in [2.24, 2.45) is 5.92 Å². The summed E-state index contributed by atoms with van der Waals surface area (Å²) in [5, 5.41) is 0. The Morgan fingerprint density at radius 3 is 2.91 bits per heavy atom. The van der Waals surface area contributed by atoms with Crippen molar-refractivity contribution in [3.63, 3.8) is 0 Å². The molecule has 0 aromatic carbocycles. The zero-order valence-corrected chi connectivity index (χ0v) is 7.34. The van der Waals surface area contributed by atoms with Gasteiger partial charge in [-0.15, -0.1) is 0 Å². The van der Waals surface area contributed by atoms with E-state index in [2.05, 4.69) is 0 Å². The third kappa shape index (κ3) is 1.62. The molecule has 3 heteroatoms. The van der Waals surface area contributed by atoms with Crippen LogP contribution in [0.15, 0.2) is 12.0 Å². The van der Waals surface area contributed by atoms with Gasteiger partial charge in [0.2, 0.25) is 0 Å². The lowest BCUT2D eigenvalue weighted by atomic mass is 10.3. The molecule has 1 unspecified atom stereocenters. The molecule has 2 nitrogen and oxygen atoms in total. The molecule has 1 fully saturated rings. The van der Waals surface area contributed by atoms with Gasteiger partial charge in [-0.05, 0) is 19.8 Å². The van der Waals surface area contributed by atoms with Gasteiger partial charge < -0.3 is 4.74 Å². The van der Waals surface area contributed by atoms with Crippen LogP contribution in [0.25, 0.3) is 0 Å². The van der Waals surface area contributed by atoms with Gasteiger partial charge in [0.1, 0.15) is 11.9 Å². The Bertz CT molecular complexity index is 189. The Morgan fingerprint density at radius 1 is 1.64 bits per heavy atom. The highest BCUT2D eigenvalue weighted by Gasteiger charge is 2.31. The average molecular weight is 174 g/mol. The molecule has 62 valence electrons. The van der Waals surface area contributed by atoms with Crippen molar-refractivity contribution in [1.29, 1.82) is 0 Å². The van der Waals surface area contributed by atoms with Crippen molar-refractivity contribution in [2.45, 2.75) is 25.9 Å². The van der Waals surface area contributed by atoms with Crippen LogP contribution in [-0.4, -0.2) is 17.1 Å². The second-order valence-corrected chi connectivity index (χ2v) is 3.75. The van der Waals surface area contributed by atoms with Gasteiger partial charge in [-0.1, -0.05) is 0 Å². The van der Waals surface area contributed by atoms with E-state index in [4.69, 9.17) is 16.5 Å². The van der Waals surface area contributed by atoms with Crippen LogP contribution in [0, 0.1) is 5.92 Å². The summed E-state index contributed by atoms with van der Waals surface area (Å²) >= 11 is 5.86. The van der Waals surface area contributed by atoms with Crippen LogP contribution in [-0.2, 0) is 4.74 Å². The fourth-order valence-corrected chi connectivity index (χ4v) is 1.60. The number of halogens is 1. The standard InChI is InChI=1S/C8H12ClNO/c1-6-4-10(9)5-8(11-6)7-2-3-7/h5-7H,2-4H2,1H3. The molecule has 0 saturated heterocycles. The van der Waals surface area contributed by atoms with Gasteiger partial charge >= 0.3 is 0 Å². The second-order valence-electron chi connectivity index (χ2n) is 3.32. The van der Waals surface area contributed by atoms with Crippen LogP contribution >= 0.6 is 11.8 Å². The first kappa shape index (κ1) is 7.29. The zero-order valence-electron chi connectivity index (χ0n) is 6.59. The van der Waals surface area contributed by atoms with Crippen LogP contribution in [0.5, 0.6) is 0 Å². The van der Waals surface area contributed by atoms with E-state index in [1.165, 1.54) is 12.8 Å². The number of hydrogen-bond donors (Lipinski definition) is 0. The fourth-order valence-electron chi connectivity index (χ4n) is 1.31. The summed E-state index contributed by atoms with van der Waals surface area (Å²) in [5.41, 5.74) is 0. The molecule has 0 radical (unpaired) electrons. The number of nitrogens with zero attached hydrogens (tertiary/aromatic N) is 1. The predicted molar refractivity (Wildman–Crippen MR) is 43.9 cm³/mol. The lowest BCUT2D eigenvalue weighted by molar-refractivity contribution is 0.0858. The molecule has 1 heterocycles. The maximum Gasteiger partial charge on any atom is 0.117 e. The lowest BCUT2D eigenvalue weighted by Crippen LogP contribution is -2.27. The summed E-state index contributed by atoms with van der Waals surface area (Å²) < 4.78 is 7.31. The number of rotatable bonds is 1. The van der Waals surface area contributed by atoms with Crippen LogP contribution in [0.4, 0.5) is 0 Å². The highest BCUT2D eigenvalue weighted by molar-refractivity contribution is 6.14. The Morgan fingerprint density at radius 2 is 2.36 bits per heavy atom. The molecule has 0 N–H and O–H groups in total. The summed E-state index contributed by atoms with van der Waals surface area (Å²) in [6.07, 6.45) is 4.69. The van der Waals surface area contributed by atoms with Gasteiger partial charge in [0.25, 0.3) is 0 Å². The zero-order chi connectivity index (χ0) is 7.84. The van der Waals surface area contributed by atoms with E-state index in [0.717, 1.165) is 12.3 Å². The summed E-state index contributed by atoms with van der Waals surface area (Å²) in [6.45, 7) is 2.84. The van der Waals surface area contributed by atoms with Gasteiger partial charge in [0, 0.05) is 17.7 Å². The topological polar surface area (TPSA) is 12.5 Å². The summed E-state index contributed by atoms with van der Waals surface area (Å²) in [5.74, 6) is 1.75. The highest BCUT2D eigenvalue weighted by atomic mass is 35.5. The smallest absolute Gasteiger partial charge is 0.117 e. The first-order chi connectivity index (χ1) is 5.25. The second kappa shape index (κ2) is 2.59. The maximum absolute atomic E-state index is 5.86. The van der Waals surface area contributed by atoms with E-state index in [-0.39, 0.29) is 6.10 Å². The quantitative estimate of drug-likeness (QED) is 0.564. The predicted octanol–water partition coefficient (Wildman–Crippen LogP) is 2.11. The van der Waals surface area contributed by atoms with Gasteiger partial charge in [-0.3, -0.25) is 4.42 Å². The molecule has 0 aromatic rings. The third-order valence-corrected chi connectivity index (χ3v) is 2.25. The minimum Gasteiger partial charge on any atom is -0.491 e. The molecule has 2 rings (SSSR count). The monoisotopic (exact) mass is 173 g/mol. The van der Waals surface area contributed by atoms with Crippen molar-refractivity contribution in [1.82, 2.24) is 4.42 Å². The van der Waals surface area contributed by atoms with Crippen LogP contribution < -0.4 is 0 Å². The van der Waals surface area contributed by atoms with Crippen LogP contribution in [0.1, 0.15) is 19.8 Å². The van der Waals surface area contributed by atoms with Gasteiger partial charge in [0.15, 0.2) is 0 Å². The van der Waals surface area contributed by atoms with E-state index >= 15 is 0 Å². The van der Waals surface area contributed by atoms with Gasteiger partial charge in [-0.2, -0.15) is 0 Å². The molecule has 1 aliphatic heterocycles. The SMILES string of the molecule is CC1CN(Cl)C=C(C2CC2)O1. The van der Waals surface area contributed by atoms with Crippen molar-refractivity contribution in [2.75, 3.05) is 6.54 Å². The fraction of sp³-hybridized carbons (Fsp3) is 0.750. The van der Waals surface area contributed by atoms with Crippen LogP contribution in [0.3, 0.4) is 0 Å². The average Bonchev–Trinajstić information content (AvgIpc) is 2.64. The third-order valence-electron chi connectivity index (χ3n) is 2.02. The minimum absolute atomic E-state index is 0.244. The first-order valence-electron chi connectivity index (χ1n) is 4.06. The van der Waals surface area contributed by atoms with E-state index in [9.17, 15) is 0 Å². The maximum atomic E-state index is 5.86. The van der Waals surface area contributed by atoms with Crippen molar-refractivity contribution in [3.8, 4) is 0 Å². The van der Waals surface area contributed by atoms with Gasteiger partial charge in [-0.25, -0.2) is 0 Å². The molecular weight excluding hydrogens is 162 g/mol. The van der Waals surface area contributed by atoms with E-state index in [1.54, 1.807) is 4.42 Å². The molecule has 2 aliphatic rings. The molecule has 0 spiro atoms. The van der Waals surface area contributed by atoms with E-state index < -0.39 is 0 Å². The number of allylic oxidation sites excluding steroid dienone is 1. The summed E-state index contributed by atoms with van der Waals surface area (Å²) in [7, 11) is 0. The molecule has 0 amide bonds. The Kier molecular flexibility index (Phi) is 1.72. The van der Waals surface area contributed by atoms with E-state index in [0.29, 0.717) is 5.92 Å². The van der Waals surface area contributed by atoms with Crippen molar-refractivity contribution < 1.29 is 4.74 Å². The first-order valence-corrected chi connectivity index (χ1v) is 4.40. The Labute approximate surface area is 71.9 Å². The number of ether oxygens (including phenoxy) is 1. The molecule has 11 heavy (non-hydrogen) atoms. The largest absolute Gasteiger partial charge is 0.491 e. The Hall–Kier alpha value is -0.370. The van der Waals surface area contributed by atoms with Gasteiger partial charge in [0.05, 0.1) is 12.7 Å².